The monoisotopic (exact) mass is 184 g/mol. The molecular weight excluding hydrogens is 168 g/mol. The summed E-state index contributed by atoms with van der Waals surface area (Å²) in [5.74, 6) is -0.0821. The molecule has 3 amide bonds. The minimum atomic E-state index is -0.260. The second-order valence-corrected chi connectivity index (χ2v) is 3.59. The fourth-order valence-corrected chi connectivity index (χ4v) is 1.49. The molecule has 0 aromatic rings. The zero-order valence-corrected chi connectivity index (χ0v) is 8.33. The van der Waals surface area contributed by atoms with E-state index < -0.39 is 0 Å². The lowest BCUT2D eigenvalue weighted by Gasteiger charge is -2.33. The first kappa shape index (κ1) is 10.0. The highest BCUT2D eigenvalue weighted by Crippen LogP contribution is 2.14. The number of imide groups is 1. The highest BCUT2D eigenvalue weighted by molar-refractivity contribution is 5.98. The molecule has 0 saturated carbocycles. The van der Waals surface area contributed by atoms with Crippen molar-refractivity contribution in [3.8, 4) is 0 Å². The summed E-state index contributed by atoms with van der Waals surface area (Å²) < 4.78 is 0. The molecule has 0 bridgehead atoms. The van der Waals surface area contributed by atoms with Crippen LogP contribution in [0.2, 0.25) is 0 Å². The smallest absolute Gasteiger partial charge is 0.324 e. The average molecular weight is 184 g/mol. The number of carbonyl (C=O) groups excluding carboxylic acids is 2. The summed E-state index contributed by atoms with van der Waals surface area (Å²) in [4.78, 5) is 24.3. The predicted molar refractivity (Wildman–Crippen MR) is 49.2 cm³/mol. The van der Waals surface area contributed by atoms with E-state index in [1.54, 1.807) is 0 Å². The third-order valence-corrected chi connectivity index (χ3v) is 2.31. The van der Waals surface area contributed by atoms with Crippen molar-refractivity contribution in [1.29, 1.82) is 0 Å². The van der Waals surface area contributed by atoms with Crippen molar-refractivity contribution in [2.24, 2.45) is 5.92 Å². The lowest BCUT2D eigenvalue weighted by atomic mass is 10.0. The van der Waals surface area contributed by atoms with Gasteiger partial charge in [-0.1, -0.05) is 6.92 Å². The van der Waals surface area contributed by atoms with Crippen molar-refractivity contribution in [3.05, 3.63) is 0 Å². The van der Waals surface area contributed by atoms with E-state index in [0.717, 1.165) is 6.42 Å². The van der Waals surface area contributed by atoms with E-state index in [-0.39, 0.29) is 23.9 Å². The van der Waals surface area contributed by atoms with Crippen LogP contribution in [0.4, 0.5) is 4.79 Å². The molecule has 4 heteroatoms. The van der Waals surface area contributed by atoms with E-state index in [9.17, 15) is 9.59 Å². The number of rotatable bonds is 2. The molecule has 0 radical (unpaired) electrons. The summed E-state index contributed by atoms with van der Waals surface area (Å²) in [6.07, 6.45) is 0.780. The number of hydrogen-bond donors (Lipinski definition) is 1. The molecule has 13 heavy (non-hydrogen) atoms. The van der Waals surface area contributed by atoms with Crippen LogP contribution in [-0.4, -0.2) is 29.4 Å². The van der Waals surface area contributed by atoms with Crippen LogP contribution in [0.3, 0.4) is 0 Å². The van der Waals surface area contributed by atoms with E-state index in [1.807, 2.05) is 20.8 Å². The first-order chi connectivity index (χ1) is 6.07. The third kappa shape index (κ3) is 1.82. The Balaban J connectivity index is 2.78. The average Bonchev–Trinajstić information content (AvgIpc) is 2.04. The van der Waals surface area contributed by atoms with Gasteiger partial charge in [0.15, 0.2) is 0 Å². The van der Waals surface area contributed by atoms with Crippen molar-refractivity contribution < 1.29 is 9.59 Å². The Morgan fingerprint density at radius 2 is 2.15 bits per heavy atom. The standard InChI is InChI=1S/C9H16N2O2/c1-4-7-5-10-9(13)11(6(2)3)8(7)12/h6-7H,4-5H2,1-3H3,(H,10,13). The fraction of sp³-hybridized carbons (Fsp3) is 0.778. The molecular formula is C9H16N2O2. The molecule has 1 atom stereocenters. The maximum atomic E-state index is 11.7. The molecule has 74 valence electrons. The quantitative estimate of drug-likeness (QED) is 0.695. The largest absolute Gasteiger partial charge is 0.337 e. The summed E-state index contributed by atoms with van der Waals surface area (Å²) >= 11 is 0. The van der Waals surface area contributed by atoms with Gasteiger partial charge in [0, 0.05) is 12.6 Å². The summed E-state index contributed by atoms with van der Waals surface area (Å²) in [5, 5.41) is 2.71. The van der Waals surface area contributed by atoms with E-state index in [1.165, 1.54) is 4.90 Å². The summed E-state index contributed by atoms with van der Waals surface area (Å²) in [6.45, 7) is 6.13. The van der Waals surface area contributed by atoms with Gasteiger partial charge in [-0.15, -0.1) is 0 Å². The Kier molecular flexibility index (Phi) is 2.90. The van der Waals surface area contributed by atoms with Gasteiger partial charge in [-0.05, 0) is 20.3 Å². The fourth-order valence-electron chi connectivity index (χ4n) is 1.49. The maximum Gasteiger partial charge on any atom is 0.324 e. The molecule has 1 unspecified atom stereocenters. The van der Waals surface area contributed by atoms with Crippen molar-refractivity contribution in [2.75, 3.05) is 6.54 Å². The molecule has 0 aliphatic carbocycles. The van der Waals surface area contributed by atoms with E-state index in [0.29, 0.717) is 6.54 Å². The van der Waals surface area contributed by atoms with Gasteiger partial charge in [0.25, 0.3) is 0 Å². The lowest BCUT2D eigenvalue weighted by molar-refractivity contribution is -0.135. The van der Waals surface area contributed by atoms with E-state index in [2.05, 4.69) is 5.32 Å². The molecule has 1 aliphatic rings. The normalized spacial score (nSPS) is 23.7. The Bertz CT molecular complexity index is 226. The van der Waals surface area contributed by atoms with Gasteiger partial charge in [-0.3, -0.25) is 9.69 Å². The molecule has 1 aliphatic heterocycles. The zero-order chi connectivity index (χ0) is 10.0. The number of nitrogens with zero attached hydrogens (tertiary/aromatic N) is 1. The van der Waals surface area contributed by atoms with Crippen LogP contribution in [0.1, 0.15) is 27.2 Å². The molecule has 4 nitrogen and oxygen atoms in total. The number of carbonyl (C=O) groups is 2. The second kappa shape index (κ2) is 3.77. The first-order valence-electron chi connectivity index (χ1n) is 4.68. The summed E-state index contributed by atoms with van der Waals surface area (Å²) in [5.41, 5.74) is 0. The molecule has 0 spiro atoms. The molecule has 1 N–H and O–H groups in total. The number of hydrogen-bond acceptors (Lipinski definition) is 2. The van der Waals surface area contributed by atoms with Crippen LogP contribution in [0.5, 0.6) is 0 Å². The van der Waals surface area contributed by atoms with Crippen molar-refractivity contribution in [3.63, 3.8) is 0 Å². The Morgan fingerprint density at radius 3 is 2.62 bits per heavy atom. The Labute approximate surface area is 78.3 Å². The molecule has 1 saturated heterocycles. The van der Waals surface area contributed by atoms with Crippen LogP contribution in [0.25, 0.3) is 0 Å². The van der Waals surface area contributed by atoms with Gasteiger partial charge in [0.1, 0.15) is 0 Å². The van der Waals surface area contributed by atoms with Crippen LogP contribution < -0.4 is 5.32 Å². The van der Waals surface area contributed by atoms with Gasteiger partial charge in [0.2, 0.25) is 5.91 Å². The molecule has 1 fully saturated rings. The molecule has 1 heterocycles. The highest BCUT2D eigenvalue weighted by Gasteiger charge is 2.34. The number of urea groups is 1. The topological polar surface area (TPSA) is 49.4 Å². The van der Waals surface area contributed by atoms with Crippen LogP contribution in [-0.2, 0) is 4.79 Å². The van der Waals surface area contributed by atoms with Gasteiger partial charge in [-0.2, -0.15) is 0 Å². The summed E-state index contributed by atoms with van der Waals surface area (Å²) in [7, 11) is 0. The van der Waals surface area contributed by atoms with Gasteiger partial charge < -0.3 is 5.32 Å². The maximum absolute atomic E-state index is 11.7. The lowest BCUT2D eigenvalue weighted by Crippen LogP contribution is -2.57. The third-order valence-electron chi connectivity index (χ3n) is 2.31. The Morgan fingerprint density at radius 1 is 1.54 bits per heavy atom. The minimum Gasteiger partial charge on any atom is -0.337 e. The van der Waals surface area contributed by atoms with Crippen molar-refractivity contribution in [1.82, 2.24) is 10.2 Å². The predicted octanol–water partition coefficient (Wildman–Crippen LogP) is 0.973. The van der Waals surface area contributed by atoms with Gasteiger partial charge in [-0.25, -0.2) is 4.79 Å². The highest BCUT2D eigenvalue weighted by atomic mass is 16.2. The van der Waals surface area contributed by atoms with E-state index >= 15 is 0 Å². The minimum absolute atomic E-state index is 0.0405. The second-order valence-electron chi connectivity index (χ2n) is 3.59. The van der Waals surface area contributed by atoms with Crippen LogP contribution >= 0.6 is 0 Å². The van der Waals surface area contributed by atoms with Gasteiger partial charge >= 0.3 is 6.03 Å². The SMILES string of the molecule is CCC1CNC(=O)N(C(C)C)C1=O. The molecule has 1 rings (SSSR count). The Hall–Kier alpha value is -1.06. The van der Waals surface area contributed by atoms with Crippen molar-refractivity contribution >= 4 is 11.9 Å². The van der Waals surface area contributed by atoms with E-state index in [4.69, 9.17) is 0 Å². The number of nitrogens with one attached hydrogen (secondary N) is 1. The van der Waals surface area contributed by atoms with Crippen LogP contribution in [0.15, 0.2) is 0 Å². The zero-order valence-electron chi connectivity index (χ0n) is 8.33. The molecule has 0 aromatic carbocycles. The molecule has 0 aromatic heterocycles. The van der Waals surface area contributed by atoms with Crippen molar-refractivity contribution in [2.45, 2.75) is 33.2 Å². The van der Waals surface area contributed by atoms with Gasteiger partial charge in [0.05, 0.1) is 5.92 Å². The summed E-state index contributed by atoms with van der Waals surface area (Å²) in [6, 6.07) is -0.313. The number of amides is 3. The first-order valence-corrected chi connectivity index (χ1v) is 4.68. The van der Waals surface area contributed by atoms with Crippen LogP contribution in [0, 0.1) is 5.92 Å².